The van der Waals surface area contributed by atoms with E-state index in [4.69, 9.17) is 0 Å². The first-order chi connectivity index (χ1) is 51.3. The normalized spacial score (nSPS) is 16.0. The summed E-state index contributed by atoms with van der Waals surface area (Å²) >= 11 is 0. The standard InChI is InChI=1S/C102H95BN4/c1-97(2,3)72-37-49-90-80(59-72)81-60-73(98(4,5)6)38-50-91(81)106(90)76-43-47-87-93(61-76)105(75-41-31-67(32-42-75)70-34-45-83-85(57-70)102(13,14)54-52-100(83,9)10)95-63-77(107-88-28-22-21-27-78(88)79-55-68(36-48-89(79)107)64-23-17-15-18-24-64)62-94-96(95)103(87)86-46-35-71(65-25-19-16-20-26-65)58-92(86)104(94)74-39-29-66(30-40-74)69-33-44-82-84(56-69)101(11,12)53-51-99(82,7)8/h15-50,55-63H,51-54H2,1-14H3. The highest BCUT2D eigenvalue weighted by molar-refractivity contribution is 7.00. The average molecular weight is 1390 g/mol. The van der Waals surface area contributed by atoms with Crippen LogP contribution in [0.4, 0.5) is 34.1 Å². The van der Waals surface area contributed by atoms with Gasteiger partial charge in [0, 0.05) is 61.4 Å². The zero-order valence-electron chi connectivity index (χ0n) is 64.7. The van der Waals surface area contributed by atoms with Crippen molar-refractivity contribution < 1.29 is 0 Å². The first-order valence-corrected chi connectivity index (χ1v) is 39.1. The van der Waals surface area contributed by atoms with Crippen molar-refractivity contribution >= 4 is 101 Å². The number of benzene rings is 13. The minimum atomic E-state index is -0.163. The van der Waals surface area contributed by atoms with Gasteiger partial charge in [0.1, 0.15) is 0 Å². The molecule has 4 heterocycles. The summed E-state index contributed by atoms with van der Waals surface area (Å²) in [6.45, 7) is 33.3. The molecule has 15 aromatic rings. The summed E-state index contributed by atoms with van der Waals surface area (Å²) < 4.78 is 5.12. The van der Waals surface area contributed by atoms with E-state index in [2.05, 4.69) is 389 Å². The lowest BCUT2D eigenvalue weighted by molar-refractivity contribution is 0.332. The maximum Gasteiger partial charge on any atom is 0.252 e. The largest absolute Gasteiger partial charge is 0.311 e. The molecule has 13 aromatic carbocycles. The van der Waals surface area contributed by atoms with E-state index >= 15 is 0 Å². The fourth-order valence-corrected chi connectivity index (χ4v) is 19.0. The van der Waals surface area contributed by atoms with Gasteiger partial charge in [-0.1, -0.05) is 273 Å². The van der Waals surface area contributed by atoms with Crippen molar-refractivity contribution in [1.29, 1.82) is 0 Å². The molecule has 0 saturated heterocycles. The molecular weight excluding hydrogens is 1290 g/mol. The number of rotatable bonds is 8. The third-order valence-corrected chi connectivity index (χ3v) is 25.6. The van der Waals surface area contributed by atoms with Gasteiger partial charge in [0.15, 0.2) is 0 Å². The van der Waals surface area contributed by atoms with Crippen molar-refractivity contribution in [2.24, 2.45) is 0 Å². The molecule has 4 aliphatic rings. The number of hydrogen-bond donors (Lipinski definition) is 0. The van der Waals surface area contributed by atoms with Gasteiger partial charge in [0.25, 0.3) is 6.71 Å². The molecule has 19 rings (SSSR count). The van der Waals surface area contributed by atoms with Crippen molar-refractivity contribution in [1.82, 2.24) is 9.13 Å². The molecule has 2 aliphatic heterocycles. The second kappa shape index (κ2) is 23.8. The average Bonchev–Trinajstić information content (AvgIpc) is 1.62. The number of nitrogens with zero attached hydrogens (tertiary/aromatic N) is 4. The van der Waals surface area contributed by atoms with Gasteiger partial charge in [-0.2, -0.15) is 0 Å². The maximum atomic E-state index is 2.65. The van der Waals surface area contributed by atoms with Gasteiger partial charge < -0.3 is 18.9 Å². The van der Waals surface area contributed by atoms with Crippen LogP contribution in [-0.2, 0) is 32.5 Å². The van der Waals surface area contributed by atoms with Crippen LogP contribution in [0, 0.1) is 0 Å². The molecule has 0 amide bonds. The molecule has 0 atom stereocenters. The quantitative estimate of drug-likeness (QED) is 0.141. The topological polar surface area (TPSA) is 16.3 Å². The zero-order valence-corrected chi connectivity index (χ0v) is 64.7. The van der Waals surface area contributed by atoms with E-state index in [1.165, 1.54) is 152 Å². The van der Waals surface area contributed by atoms with E-state index in [1.54, 1.807) is 0 Å². The number of aromatic nitrogens is 2. The predicted molar refractivity (Wildman–Crippen MR) is 459 cm³/mol. The molecular formula is C102H95BN4. The Morgan fingerprint density at radius 2 is 0.607 bits per heavy atom. The minimum Gasteiger partial charge on any atom is -0.311 e. The van der Waals surface area contributed by atoms with Gasteiger partial charge in [0.05, 0.1) is 27.8 Å². The molecule has 0 bridgehead atoms. The van der Waals surface area contributed by atoms with Gasteiger partial charge in [-0.3, -0.25) is 0 Å². The maximum absolute atomic E-state index is 2.65. The summed E-state index contributed by atoms with van der Waals surface area (Å²) in [6.07, 6.45) is 4.70. The predicted octanol–water partition coefficient (Wildman–Crippen LogP) is 25.9. The van der Waals surface area contributed by atoms with E-state index in [1.807, 2.05) is 0 Å². The van der Waals surface area contributed by atoms with Crippen LogP contribution >= 0.6 is 0 Å². The summed E-state index contributed by atoms with van der Waals surface area (Å²) in [5.41, 5.74) is 36.2. The second-order valence-electron chi connectivity index (χ2n) is 36.3. The van der Waals surface area contributed by atoms with Crippen LogP contribution in [0.5, 0.6) is 0 Å². The summed E-state index contributed by atoms with van der Waals surface area (Å²) in [5.74, 6) is 0. The minimum absolute atomic E-state index is 0.0383. The molecule has 526 valence electrons. The van der Waals surface area contributed by atoms with Crippen molar-refractivity contribution in [3.8, 4) is 55.9 Å². The van der Waals surface area contributed by atoms with Gasteiger partial charge >= 0.3 is 0 Å². The third-order valence-electron chi connectivity index (χ3n) is 25.6. The first-order valence-electron chi connectivity index (χ1n) is 39.1. The van der Waals surface area contributed by atoms with Crippen LogP contribution in [0.25, 0.3) is 99.5 Å². The van der Waals surface area contributed by atoms with Crippen LogP contribution in [0.3, 0.4) is 0 Å². The molecule has 2 aliphatic carbocycles. The lowest BCUT2D eigenvalue weighted by Gasteiger charge is -2.44. The second-order valence-corrected chi connectivity index (χ2v) is 36.3. The van der Waals surface area contributed by atoms with Gasteiger partial charge in [0.2, 0.25) is 0 Å². The third kappa shape index (κ3) is 10.7. The monoisotopic (exact) mass is 1390 g/mol. The van der Waals surface area contributed by atoms with Crippen LogP contribution in [0.2, 0.25) is 0 Å². The Balaban J connectivity index is 0.894. The molecule has 0 unspecified atom stereocenters. The van der Waals surface area contributed by atoms with Crippen molar-refractivity contribution in [3.05, 3.63) is 306 Å². The molecule has 5 heteroatoms. The van der Waals surface area contributed by atoms with Crippen molar-refractivity contribution in [2.45, 2.75) is 155 Å². The Hall–Kier alpha value is -10.9. The van der Waals surface area contributed by atoms with Crippen molar-refractivity contribution in [2.75, 3.05) is 9.80 Å². The molecule has 2 aromatic heterocycles. The zero-order chi connectivity index (χ0) is 73.6. The van der Waals surface area contributed by atoms with E-state index in [9.17, 15) is 0 Å². The lowest BCUT2D eigenvalue weighted by Crippen LogP contribution is -2.61. The molecule has 0 fully saturated rings. The molecule has 107 heavy (non-hydrogen) atoms. The van der Waals surface area contributed by atoms with E-state index < -0.39 is 0 Å². The number of anilines is 6. The van der Waals surface area contributed by atoms with E-state index in [-0.39, 0.29) is 39.2 Å². The van der Waals surface area contributed by atoms with E-state index in [0.29, 0.717) is 0 Å². The summed E-state index contributed by atoms with van der Waals surface area (Å²) in [7, 11) is 0. The molecule has 0 spiro atoms. The molecule has 0 saturated carbocycles. The SMILES string of the molecule is CC(C)(C)c1ccc2c(c1)c1cc(C(C)(C)C)ccc1n2-c1ccc2c(c1)N(c1ccc(-c3ccc4c(c3)C(C)(C)CCC4(C)C)cc1)c1cc(-n3c4ccccc4c4cc(-c5ccccc5)ccc43)cc3c1B2c1ccc(-c2ccccc2)cc1N3c1ccc(-c2ccc3c(c2)C(C)(C)CCC3(C)C)cc1. The van der Waals surface area contributed by atoms with Crippen molar-refractivity contribution in [3.63, 3.8) is 0 Å². The summed E-state index contributed by atoms with van der Waals surface area (Å²) in [6, 6.07) is 106. The first kappa shape index (κ1) is 66.8. The lowest BCUT2D eigenvalue weighted by atomic mass is 9.33. The number of fused-ring (bicyclic) bond motifs is 12. The highest BCUT2D eigenvalue weighted by atomic mass is 15.2. The Morgan fingerprint density at radius 1 is 0.262 bits per heavy atom. The number of para-hydroxylation sites is 1. The van der Waals surface area contributed by atoms with Gasteiger partial charge in [-0.25, -0.2) is 0 Å². The smallest absolute Gasteiger partial charge is 0.252 e. The number of hydrogen-bond acceptors (Lipinski definition) is 2. The Kier molecular flexibility index (Phi) is 14.9. The Morgan fingerprint density at radius 3 is 1.10 bits per heavy atom. The van der Waals surface area contributed by atoms with Crippen LogP contribution < -0.4 is 26.2 Å². The molecule has 0 radical (unpaired) electrons. The van der Waals surface area contributed by atoms with E-state index in [0.717, 1.165) is 57.3 Å². The Bertz CT molecular complexity index is 6070. The molecule has 0 N–H and O–H groups in total. The van der Waals surface area contributed by atoms with Crippen LogP contribution in [-0.4, -0.2) is 15.8 Å². The summed E-state index contributed by atoms with van der Waals surface area (Å²) in [4.78, 5) is 5.27. The van der Waals surface area contributed by atoms with Crippen LogP contribution in [0.15, 0.2) is 273 Å². The fraction of sp³-hybridized carbons (Fsp3) is 0.235. The fourth-order valence-electron chi connectivity index (χ4n) is 19.0. The summed E-state index contributed by atoms with van der Waals surface area (Å²) in [5, 5.41) is 4.99. The van der Waals surface area contributed by atoms with Gasteiger partial charge in [-0.05, 0) is 250 Å². The Labute approximate surface area is 633 Å². The van der Waals surface area contributed by atoms with Gasteiger partial charge in [-0.15, -0.1) is 0 Å². The molecule has 4 nitrogen and oxygen atoms in total. The highest BCUT2D eigenvalue weighted by Gasteiger charge is 2.45. The van der Waals surface area contributed by atoms with Crippen LogP contribution in [0.1, 0.15) is 156 Å². The highest BCUT2D eigenvalue weighted by Crippen LogP contribution is 2.53.